The van der Waals surface area contributed by atoms with Crippen LogP contribution >= 0.6 is 0 Å². The molecule has 3 N–H and O–H groups in total. The van der Waals surface area contributed by atoms with Crippen LogP contribution < -0.4 is 5.73 Å². The molecule has 0 radical (unpaired) electrons. The highest BCUT2D eigenvalue weighted by Crippen LogP contribution is 2.27. The molecule has 1 unspecified atom stereocenters. The third-order valence-corrected chi connectivity index (χ3v) is 2.75. The standard InChI is InChI=1S/C12H25NO3/c1-4-5-12(9-13,11(14)15)6-7-16-8-10(2)3/h10H,4-9,13H2,1-3H3,(H,14,15). The quantitative estimate of drug-likeness (QED) is 0.594. The third-order valence-electron chi connectivity index (χ3n) is 2.75. The van der Waals surface area contributed by atoms with Crippen LogP contribution in [0.25, 0.3) is 0 Å². The number of carboxylic acid groups (broad SMARTS) is 1. The minimum atomic E-state index is -0.801. The molecule has 0 bridgehead atoms. The van der Waals surface area contributed by atoms with Gasteiger partial charge in [0.1, 0.15) is 0 Å². The highest BCUT2D eigenvalue weighted by Gasteiger charge is 2.35. The fourth-order valence-corrected chi connectivity index (χ4v) is 1.70. The van der Waals surface area contributed by atoms with Gasteiger partial charge in [-0.05, 0) is 18.8 Å². The summed E-state index contributed by atoms with van der Waals surface area (Å²) in [7, 11) is 0. The van der Waals surface area contributed by atoms with Gasteiger partial charge in [0.25, 0.3) is 0 Å². The van der Waals surface area contributed by atoms with Crippen molar-refractivity contribution in [2.75, 3.05) is 19.8 Å². The molecular formula is C12H25NO3. The Hall–Kier alpha value is -0.610. The zero-order valence-electron chi connectivity index (χ0n) is 10.7. The Morgan fingerprint density at radius 2 is 2.06 bits per heavy atom. The van der Waals surface area contributed by atoms with Gasteiger partial charge in [0.15, 0.2) is 0 Å². The Kier molecular flexibility index (Phi) is 7.34. The molecule has 0 heterocycles. The van der Waals surface area contributed by atoms with Crippen molar-refractivity contribution in [1.82, 2.24) is 0 Å². The van der Waals surface area contributed by atoms with Crippen LogP contribution in [-0.4, -0.2) is 30.8 Å². The van der Waals surface area contributed by atoms with Gasteiger partial charge in [0, 0.05) is 19.8 Å². The number of ether oxygens (including phenoxy) is 1. The van der Waals surface area contributed by atoms with Gasteiger partial charge in [-0.2, -0.15) is 0 Å². The Morgan fingerprint density at radius 3 is 2.44 bits per heavy atom. The third kappa shape index (κ3) is 4.94. The maximum atomic E-state index is 11.2. The maximum Gasteiger partial charge on any atom is 0.311 e. The van der Waals surface area contributed by atoms with E-state index in [0.717, 1.165) is 6.42 Å². The van der Waals surface area contributed by atoms with Crippen LogP contribution in [0.3, 0.4) is 0 Å². The number of carboxylic acids is 1. The number of aliphatic carboxylic acids is 1. The van der Waals surface area contributed by atoms with Gasteiger partial charge in [-0.3, -0.25) is 4.79 Å². The van der Waals surface area contributed by atoms with Crippen molar-refractivity contribution in [3.8, 4) is 0 Å². The first-order valence-corrected chi connectivity index (χ1v) is 5.99. The van der Waals surface area contributed by atoms with E-state index in [-0.39, 0.29) is 6.54 Å². The minimum absolute atomic E-state index is 0.182. The monoisotopic (exact) mass is 231 g/mol. The zero-order valence-corrected chi connectivity index (χ0v) is 10.7. The Bertz CT molecular complexity index is 206. The van der Waals surface area contributed by atoms with Gasteiger partial charge in [-0.1, -0.05) is 27.2 Å². The van der Waals surface area contributed by atoms with E-state index >= 15 is 0 Å². The molecule has 0 aromatic heterocycles. The Balaban J connectivity index is 4.15. The van der Waals surface area contributed by atoms with Gasteiger partial charge in [0.2, 0.25) is 0 Å². The second kappa shape index (κ2) is 7.63. The number of nitrogens with two attached hydrogens (primary N) is 1. The van der Waals surface area contributed by atoms with E-state index in [1.54, 1.807) is 0 Å². The summed E-state index contributed by atoms with van der Waals surface area (Å²) in [6, 6.07) is 0. The highest BCUT2D eigenvalue weighted by molar-refractivity contribution is 5.74. The fraction of sp³-hybridized carbons (Fsp3) is 0.917. The van der Waals surface area contributed by atoms with Crippen LogP contribution in [0, 0.1) is 11.3 Å². The number of carbonyl (C=O) groups is 1. The van der Waals surface area contributed by atoms with E-state index in [1.807, 2.05) is 6.92 Å². The van der Waals surface area contributed by atoms with Crippen molar-refractivity contribution in [2.24, 2.45) is 17.1 Å². The van der Waals surface area contributed by atoms with E-state index in [9.17, 15) is 9.90 Å². The van der Waals surface area contributed by atoms with Crippen molar-refractivity contribution in [3.05, 3.63) is 0 Å². The van der Waals surface area contributed by atoms with Crippen molar-refractivity contribution < 1.29 is 14.6 Å². The predicted octanol–water partition coefficient (Wildman–Crippen LogP) is 1.88. The molecule has 0 aromatic rings. The summed E-state index contributed by atoms with van der Waals surface area (Å²) in [5.74, 6) is -0.326. The summed E-state index contributed by atoms with van der Waals surface area (Å²) in [6.45, 7) is 7.44. The first-order valence-electron chi connectivity index (χ1n) is 5.99. The molecule has 0 amide bonds. The van der Waals surface area contributed by atoms with Crippen LogP contribution in [0.5, 0.6) is 0 Å². The Labute approximate surface area is 98.2 Å². The summed E-state index contributed by atoms with van der Waals surface area (Å²) in [5, 5.41) is 9.23. The summed E-state index contributed by atoms with van der Waals surface area (Å²) in [6.07, 6.45) is 1.94. The lowest BCUT2D eigenvalue weighted by molar-refractivity contribution is -0.150. The molecule has 0 spiro atoms. The topological polar surface area (TPSA) is 72.5 Å². The van der Waals surface area contributed by atoms with Crippen LogP contribution in [-0.2, 0) is 9.53 Å². The van der Waals surface area contributed by atoms with E-state index in [2.05, 4.69) is 13.8 Å². The number of rotatable bonds is 9. The molecule has 0 aliphatic carbocycles. The summed E-state index contributed by atoms with van der Waals surface area (Å²) >= 11 is 0. The molecule has 96 valence electrons. The molecule has 4 heteroatoms. The Morgan fingerprint density at radius 1 is 1.44 bits per heavy atom. The normalized spacial score (nSPS) is 15.1. The second-order valence-electron chi connectivity index (χ2n) is 4.76. The lowest BCUT2D eigenvalue weighted by atomic mass is 9.80. The van der Waals surface area contributed by atoms with E-state index in [0.29, 0.717) is 32.0 Å². The van der Waals surface area contributed by atoms with Crippen molar-refractivity contribution >= 4 is 5.97 Å². The molecule has 0 saturated carbocycles. The molecule has 1 atom stereocenters. The van der Waals surface area contributed by atoms with E-state index in [1.165, 1.54) is 0 Å². The molecule has 0 aliphatic rings. The fourth-order valence-electron chi connectivity index (χ4n) is 1.70. The first kappa shape index (κ1) is 15.4. The summed E-state index contributed by atoms with van der Waals surface area (Å²) in [5.41, 5.74) is 4.80. The van der Waals surface area contributed by atoms with Crippen molar-refractivity contribution in [2.45, 2.75) is 40.0 Å². The second-order valence-corrected chi connectivity index (χ2v) is 4.76. The van der Waals surface area contributed by atoms with Crippen molar-refractivity contribution in [1.29, 1.82) is 0 Å². The molecule has 0 aliphatic heterocycles. The molecular weight excluding hydrogens is 206 g/mol. The van der Waals surface area contributed by atoms with Crippen LogP contribution in [0.15, 0.2) is 0 Å². The largest absolute Gasteiger partial charge is 0.481 e. The molecule has 16 heavy (non-hydrogen) atoms. The number of hydrogen-bond donors (Lipinski definition) is 2. The number of hydrogen-bond acceptors (Lipinski definition) is 3. The average Bonchev–Trinajstić information content (AvgIpc) is 2.22. The van der Waals surface area contributed by atoms with E-state index in [4.69, 9.17) is 10.5 Å². The minimum Gasteiger partial charge on any atom is -0.481 e. The average molecular weight is 231 g/mol. The molecule has 0 fully saturated rings. The summed E-state index contributed by atoms with van der Waals surface area (Å²) < 4.78 is 5.43. The molecule has 0 aromatic carbocycles. The summed E-state index contributed by atoms with van der Waals surface area (Å²) in [4.78, 5) is 11.2. The van der Waals surface area contributed by atoms with Crippen LogP contribution in [0.1, 0.15) is 40.0 Å². The lowest BCUT2D eigenvalue weighted by Crippen LogP contribution is -2.39. The van der Waals surface area contributed by atoms with Gasteiger partial charge in [-0.25, -0.2) is 0 Å². The molecule has 0 rings (SSSR count). The zero-order chi connectivity index (χ0) is 12.6. The van der Waals surface area contributed by atoms with Crippen LogP contribution in [0.4, 0.5) is 0 Å². The highest BCUT2D eigenvalue weighted by atomic mass is 16.5. The first-order chi connectivity index (χ1) is 7.48. The van der Waals surface area contributed by atoms with Gasteiger partial charge < -0.3 is 15.6 Å². The van der Waals surface area contributed by atoms with Gasteiger partial charge >= 0.3 is 5.97 Å². The predicted molar refractivity (Wildman–Crippen MR) is 64.3 cm³/mol. The van der Waals surface area contributed by atoms with Gasteiger partial charge in [0.05, 0.1) is 5.41 Å². The van der Waals surface area contributed by atoms with Crippen LogP contribution in [0.2, 0.25) is 0 Å². The SMILES string of the molecule is CCCC(CN)(CCOCC(C)C)C(=O)O. The maximum absolute atomic E-state index is 11.2. The molecule has 4 nitrogen and oxygen atoms in total. The van der Waals surface area contributed by atoms with Gasteiger partial charge in [-0.15, -0.1) is 0 Å². The smallest absolute Gasteiger partial charge is 0.311 e. The van der Waals surface area contributed by atoms with E-state index < -0.39 is 11.4 Å². The molecule has 0 saturated heterocycles. The van der Waals surface area contributed by atoms with Crippen molar-refractivity contribution in [3.63, 3.8) is 0 Å². The lowest BCUT2D eigenvalue weighted by Gasteiger charge is -2.27.